The largest absolute Gasteiger partial charge is 0.294 e. The van der Waals surface area contributed by atoms with Crippen molar-refractivity contribution >= 4 is 33.1 Å². The highest BCUT2D eigenvalue weighted by Crippen LogP contribution is 2.34. The maximum atomic E-state index is 14.1. The minimum absolute atomic E-state index is 0.00417. The van der Waals surface area contributed by atoms with Crippen molar-refractivity contribution in [1.82, 2.24) is 0 Å². The summed E-state index contributed by atoms with van der Waals surface area (Å²) in [5, 5.41) is -0.00417. The molecule has 0 saturated heterocycles. The lowest BCUT2D eigenvalue weighted by molar-refractivity contribution is 0.0989. The van der Waals surface area contributed by atoms with E-state index in [2.05, 4.69) is 0 Å². The summed E-state index contributed by atoms with van der Waals surface area (Å²) in [6.07, 6.45) is 0.971. The van der Waals surface area contributed by atoms with Gasteiger partial charge in [0.15, 0.2) is 17.4 Å². The monoisotopic (exact) mass is 479 g/mol. The van der Waals surface area contributed by atoms with Crippen LogP contribution < -0.4 is 4.31 Å². The molecule has 4 rings (SSSR count). The summed E-state index contributed by atoms with van der Waals surface area (Å²) in [6, 6.07) is 11.3. The highest BCUT2D eigenvalue weighted by molar-refractivity contribution is 7.92. The third-order valence-corrected chi connectivity index (χ3v) is 7.44. The quantitative estimate of drug-likeness (QED) is 0.465. The molecule has 166 valence electrons. The Morgan fingerprint density at radius 2 is 1.75 bits per heavy atom. The number of nitrogens with zero attached hydrogens (tertiary/aromatic N) is 1. The first kappa shape index (κ1) is 22.4. The first-order valence-electron chi connectivity index (χ1n) is 9.75. The van der Waals surface area contributed by atoms with E-state index in [1.807, 2.05) is 0 Å². The van der Waals surface area contributed by atoms with E-state index in [1.54, 1.807) is 18.2 Å². The molecule has 0 radical (unpaired) electrons. The molecule has 0 unspecified atom stereocenters. The lowest BCUT2D eigenvalue weighted by atomic mass is 9.97. The highest BCUT2D eigenvalue weighted by atomic mass is 35.5. The van der Waals surface area contributed by atoms with Crippen molar-refractivity contribution in [2.75, 3.05) is 10.8 Å². The zero-order chi connectivity index (χ0) is 23.0. The van der Waals surface area contributed by atoms with E-state index in [1.165, 1.54) is 12.1 Å². The lowest BCUT2D eigenvalue weighted by Gasteiger charge is -2.31. The van der Waals surface area contributed by atoms with Crippen LogP contribution in [0.1, 0.15) is 27.9 Å². The van der Waals surface area contributed by atoms with Gasteiger partial charge in [0, 0.05) is 13.0 Å². The van der Waals surface area contributed by atoms with Crippen LogP contribution in [0.25, 0.3) is 0 Å². The van der Waals surface area contributed by atoms with Crippen molar-refractivity contribution < 1.29 is 26.4 Å². The Labute approximate surface area is 188 Å². The maximum Gasteiger partial charge on any atom is 0.264 e. The number of anilines is 1. The van der Waals surface area contributed by atoms with Gasteiger partial charge in [0.25, 0.3) is 10.0 Å². The number of rotatable bonds is 5. The molecular weight excluding hydrogens is 463 g/mol. The second-order valence-corrected chi connectivity index (χ2v) is 9.69. The summed E-state index contributed by atoms with van der Waals surface area (Å²) in [6.45, 7) is 0.144. The molecule has 3 aromatic rings. The van der Waals surface area contributed by atoms with Crippen molar-refractivity contribution in [3.8, 4) is 0 Å². The summed E-state index contributed by atoms with van der Waals surface area (Å²) in [5.41, 5.74) is 1.34. The number of sulfonamides is 1. The zero-order valence-electron chi connectivity index (χ0n) is 16.6. The molecular formula is C23H17ClF3NO3S. The smallest absolute Gasteiger partial charge is 0.264 e. The number of halogens is 4. The number of hydrogen-bond acceptors (Lipinski definition) is 3. The van der Waals surface area contributed by atoms with E-state index < -0.39 is 33.3 Å². The second kappa shape index (κ2) is 8.60. The highest BCUT2D eigenvalue weighted by Gasteiger charge is 2.30. The molecule has 0 amide bonds. The third kappa shape index (κ3) is 4.12. The molecule has 0 fully saturated rings. The van der Waals surface area contributed by atoms with Gasteiger partial charge in [-0.3, -0.25) is 9.10 Å². The van der Waals surface area contributed by atoms with Gasteiger partial charge >= 0.3 is 0 Å². The Bertz CT molecular complexity index is 1310. The SMILES string of the molecule is O=C(Cc1ccc2c(c1)N(S(=O)(=O)c1ccc(F)c(F)c1)CCC2)c1c(F)cccc1Cl. The van der Waals surface area contributed by atoms with Crippen molar-refractivity contribution in [2.45, 2.75) is 24.2 Å². The number of aryl methyl sites for hydroxylation is 1. The number of ketones is 1. The van der Waals surface area contributed by atoms with Gasteiger partial charge < -0.3 is 0 Å². The molecule has 0 aromatic heterocycles. The molecule has 0 bridgehead atoms. The van der Waals surface area contributed by atoms with Gasteiger partial charge in [-0.05, 0) is 60.4 Å². The van der Waals surface area contributed by atoms with E-state index in [4.69, 9.17) is 11.6 Å². The number of fused-ring (bicyclic) bond motifs is 1. The van der Waals surface area contributed by atoms with Crippen LogP contribution in [0.5, 0.6) is 0 Å². The van der Waals surface area contributed by atoms with E-state index in [0.29, 0.717) is 30.2 Å². The van der Waals surface area contributed by atoms with Crippen LogP contribution in [-0.2, 0) is 22.9 Å². The maximum absolute atomic E-state index is 14.1. The number of carbonyl (C=O) groups excluding carboxylic acids is 1. The van der Waals surface area contributed by atoms with E-state index in [0.717, 1.165) is 28.1 Å². The minimum Gasteiger partial charge on any atom is -0.294 e. The predicted molar refractivity (Wildman–Crippen MR) is 115 cm³/mol. The summed E-state index contributed by atoms with van der Waals surface area (Å²) < 4.78 is 68.5. The molecule has 0 spiro atoms. The van der Waals surface area contributed by atoms with Gasteiger partial charge in [0.2, 0.25) is 0 Å². The minimum atomic E-state index is -4.16. The number of benzene rings is 3. The Kier molecular flexibility index (Phi) is 6.01. The normalized spacial score (nSPS) is 13.7. The predicted octanol–water partition coefficient (Wildman–Crippen LogP) is 5.32. The molecule has 1 heterocycles. The Balaban J connectivity index is 1.69. The standard InChI is InChI=1S/C23H17ClF3NO3S/c24-17-4-1-5-19(26)23(17)22(29)12-14-6-7-15-3-2-10-28(21(15)11-14)32(30,31)16-8-9-18(25)20(27)13-16/h1,4-9,11,13H,2-3,10,12H2. The van der Waals surface area contributed by atoms with E-state index in [9.17, 15) is 26.4 Å². The fourth-order valence-corrected chi connectivity index (χ4v) is 5.56. The van der Waals surface area contributed by atoms with Crippen LogP contribution >= 0.6 is 11.6 Å². The van der Waals surface area contributed by atoms with Crippen LogP contribution in [0.4, 0.5) is 18.9 Å². The molecule has 0 aliphatic carbocycles. The molecule has 32 heavy (non-hydrogen) atoms. The Morgan fingerprint density at radius 3 is 2.47 bits per heavy atom. The van der Waals surface area contributed by atoms with Gasteiger partial charge in [-0.2, -0.15) is 0 Å². The van der Waals surface area contributed by atoms with Gasteiger partial charge in [-0.1, -0.05) is 29.8 Å². The van der Waals surface area contributed by atoms with Crippen molar-refractivity contribution in [3.05, 3.63) is 93.8 Å². The van der Waals surface area contributed by atoms with Crippen LogP contribution in [0.3, 0.4) is 0 Å². The van der Waals surface area contributed by atoms with Crippen molar-refractivity contribution in [3.63, 3.8) is 0 Å². The average molecular weight is 480 g/mol. The van der Waals surface area contributed by atoms with Gasteiger partial charge in [-0.25, -0.2) is 21.6 Å². The van der Waals surface area contributed by atoms with Crippen LogP contribution in [-0.4, -0.2) is 20.7 Å². The third-order valence-electron chi connectivity index (χ3n) is 5.31. The molecule has 1 aliphatic rings. The topological polar surface area (TPSA) is 54.5 Å². The first-order valence-corrected chi connectivity index (χ1v) is 11.6. The Hall–Kier alpha value is -2.84. The van der Waals surface area contributed by atoms with Crippen LogP contribution in [0, 0.1) is 17.5 Å². The van der Waals surface area contributed by atoms with Gasteiger partial charge in [0.05, 0.1) is 21.2 Å². The number of hydrogen-bond donors (Lipinski definition) is 0. The summed E-state index contributed by atoms with van der Waals surface area (Å²) >= 11 is 5.97. The van der Waals surface area contributed by atoms with E-state index >= 15 is 0 Å². The fraction of sp³-hybridized carbons (Fsp3) is 0.174. The molecule has 4 nitrogen and oxygen atoms in total. The zero-order valence-corrected chi connectivity index (χ0v) is 18.2. The van der Waals surface area contributed by atoms with Crippen LogP contribution in [0.15, 0.2) is 59.5 Å². The summed E-state index contributed by atoms with van der Waals surface area (Å²) in [5.74, 6) is -3.68. The molecule has 0 saturated carbocycles. The fourth-order valence-electron chi connectivity index (χ4n) is 3.75. The molecule has 9 heteroatoms. The number of Topliss-reactive ketones (excluding diaryl/α,β-unsaturated/α-hetero) is 1. The number of carbonyl (C=O) groups is 1. The Morgan fingerprint density at radius 1 is 0.969 bits per heavy atom. The first-order chi connectivity index (χ1) is 15.2. The summed E-state index contributed by atoms with van der Waals surface area (Å²) in [4.78, 5) is 12.3. The molecule has 1 aliphatic heterocycles. The molecule has 0 N–H and O–H groups in total. The van der Waals surface area contributed by atoms with Gasteiger partial charge in [0.1, 0.15) is 5.82 Å². The molecule has 3 aromatic carbocycles. The van der Waals surface area contributed by atoms with Crippen molar-refractivity contribution in [2.24, 2.45) is 0 Å². The summed E-state index contributed by atoms with van der Waals surface area (Å²) in [7, 11) is -4.16. The van der Waals surface area contributed by atoms with Crippen molar-refractivity contribution in [1.29, 1.82) is 0 Å². The average Bonchev–Trinajstić information content (AvgIpc) is 2.75. The van der Waals surface area contributed by atoms with Gasteiger partial charge in [-0.15, -0.1) is 0 Å². The second-order valence-electron chi connectivity index (χ2n) is 7.42. The van der Waals surface area contributed by atoms with Crippen LogP contribution in [0.2, 0.25) is 5.02 Å². The molecule has 0 atom stereocenters. The van der Waals surface area contributed by atoms with E-state index in [-0.39, 0.29) is 28.4 Å². The lowest BCUT2D eigenvalue weighted by Crippen LogP contribution is -2.35.